The number of benzene rings is 2. The number of ether oxygens (including phenoxy) is 2. The second-order valence-electron chi connectivity index (χ2n) is 5.99. The maximum atomic E-state index is 11.5. The maximum Gasteiger partial charge on any atom is 0.338 e. The fraction of sp³-hybridized carbons (Fsp3) is 0.190. The van der Waals surface area contributed by atoms with E-state index in [2.05, 4.69) is 13.2 Å². The Bertz CT molecular complexity index is 803. The fourth-order valence-electron chi connectivity index (χ4n) is 2.09. The molecule has 0 bridgehead atoms. The molecule has 2 aromatic rings. The van der Waals surface area contributed by atoms with E-state index in [0.29, 0.717) is 22.6 Å². The number of carbonyl (C=O) groups excluding carboxylic acids is 1. The van der Waals surface area contributed by atoms with Gasteiger partial charge in [0.25, 0.3) is 0 Å². The Hall–Kier alpha value is -2.85. The lowest BCUT2D eigenvalue weighted by Gasteiger charge is -2.16. The van der Waals surface area contributed by atoms with Crippen LogP contribution in [0.1, 0.15) is 19.4 Å². The van der Waals surface area contributed by atoms with Gasteiger partial charge in [-0.3, -0.25) is 0 Å². The molecule has 4 nitrogen and oxygen atoms in total. The van der Waals surface area contributed by atoms with E-state index in [-0.39, 0.29) is 0 Å². The summed E-state index contributed by atoms with van der Waals surface area (Å²) in [5, 5.41) is 9.76. The molecule has 0 aliphatic rings. The van der Waals surface area contributed by atoms with Crippen LogP contribution in [0.25, 0.3) is 11.1 Å². The van der Waals surface area contributed by atoms with E-state index in [4.69, 9.17) is 9.47 Å². The third kappa shape index (κ3) is 4.81. The number of aryl methyl sites for hydroxylation is 1. The van der Waals surface area contributed by atoms with Crippen LogP contribution in [0.15, 0.2) is 66.8 Å². The normalized spacial score (nSPS) is 11.5. The van der Waals surface area contributed by atoms with E-state index < -0.39 is 12.3 Å². The standard InChI is InChI=1S/C21H22O4/c1-13(2)20(22)24-18-9-6-16(7-10-18)17-8-11-19(15(5)12-17)25-21(23)14(3)4/h6-12,21,23H,1,3H2,2,4-5H3. The Morgan fingerprint density at radius 1 is 1.04 bits per heavy atom. The third-order valence-corrected chi connectivity index (χ3v) is 3.58. The van der Waals surface area contributed by atoms with E-state index in [9.17, 15) is 9.90 Å². The Morgan fingerprint density at radius 2 is 1.64 bits per heavy atom. The van der Waals surface area contributed by atoms with E-state index in [0.717, 1.165) is 16.7 Å². The molecule has 1 atom stereocenters. The zero-order chi connectivity index (χ0) is 18.6. The topological polar surface area (TPSA) is 55.8 Å². The van der Waals surface area contributed by atoms with Crippen LogP contribution in [-0.4, -0.2) is 17.4 Å². The number of hydrogen-bond donors (Lipinski definition) is 1. The summed E-state index contributed by atoms with van der Waals surface area (Å²) in [5.41, 5.74) is 3.77. The van der Waals surface area contributed by atoms with Crippen LogP contribution in [0.2, 0.25) is 0 Å². The third-order valence-electron chi connectivity index (χ3n) is 3.58. The Balaban J connectivity index is 2.16. The smallest absolute Gasteiger partial charge is 0.338 e. The molecular weight excluding hydrogens is 316 g/mol. The van der Waals surface area contributed by atoms with E-state index in [1.165, 1.54) is 0 Å². The SMILES string of the molecule is C=C(C)C(=O)Oc1ccc(-c2ccc(OC(O)C(=C)C)c(C)c2)cc1. The minimum atomic E-state index is -1.02. The number of carbonyl (C=O) groups is 1. The second kappa shape index (κ2) is 7.81. The van der Waals surface area contributed by atoms with Crippen molar-refractivity contribution in [3.05, 3.63) is 72.3 Å². The summed E-state index contributed by atoms with van der Waals surface area (Å²) in [7, 11) is 0. The van der Waals surface area contributed by atoms with Crippen molar-refractivity contribution in [3.63, 3.8) is 0 Å². The number of esters is 1. The van der Waals surface area contributed by atoms with Gasteiger partial charge in [0.05, 0.1) is 0 Å². The highest BCUT2D eigenvalue weighted by atomic mass is 16.6. The molecular formula is C21H22O4. The molecule has 0 amide bonds. The molecule has 0 heterocycles. The van der Waals surface area contributed by atoms with Gasteiger partial charge in [0.1, 0.15) is 11.5 Å². The van der Waals surface area contributed by atoms with Crippen LogP contribution in [0.4, 0.5) is 0 Å². The number of hydrogen-bond acceptors (Lipinski definition) is 4. The molecule has 0 aliphatic carbocycles. The van der Waals surface area contributed by atoms with Crippen molar-refractivity contribution < 1.29 is 19.4 Å². The highest BCUT2D eigenvalue weighted by Crippen LogP contribution is 2.28. The number of aliphatic hydroxyl groups is 1. The second-order valence-corrected chi connectivity index (χ2v) is 5.99. The molecule has 0 saturated heterocycles. The van der Waals surface area contributed by atoms with E-state index >= 15 is 0 Å². The molecule has 0 aliphatic heterocycles. The summed E-state index contributed by atoms with van der Waals surface area (Å²) >= 11 is 0. The molecule has 0 fully saturated rings. The van der Waals surface area contributed by atoms with Crippen LogP contribution in [0.3, 0.4) is 0 Å². The largest absolute Gasteiger partial charge is 0.461 e. The molecule has 130 valence electrons. The van der Waals surface area contributed by atoms with Crippen LogP contribution in [-0.2, 0) is 4.79 Å². The van der Waals surface area contributed by atoms with Crippen molar-refractivity contribution >= 4 is 5.97 Å². The lowest BCUT2D eigenvalue weighted by molar-refractivity contribution is -0.130. The molecule has 25 heavy (non-hydrogen) atoms. The lowest BCUT2D eigenvalue weighted by Crippen LogP contribution is -2.16. The summed E-state index contributed by atoms with van der Waals surface area (Å²) in [6.45, 7) is 12.4. The highest BCUT2D eigenvalue weighted by Gasteiger charge is 2.10. The predicted octanol–water partition coefficient (Wildman–Crippen LogP) is 4.42. The minimum Gasteiger partial charge on any atom is -0.461 e. The first-order valence-corrected chi connectivity index (χ1v) is 7.87. The van der Waals surface area contributed by atoms with Gasteiger partial charge < -0.3 is 14.6 Å². The van der Waals surface area contributed by atoms with Crippen molar-refractivity contribution in [1.82, 2.24) is 0 Å². The molecule has 1 unspecified atom stereocenters. The highest BCUT2D eigenvalue weighted by molar-refractivity contribution is 5.88. The first-order chi connectivity index (χ1) is 11.8. The molecule has 0 radical (unpaired) electrons. The molecule has 0 aromatic heterocycles. The summed E-state index contributed by atoms with van der Waals surface area (Å²) in [6.07, 6.45) is -1.02. The van der Waals surface area contributed by atoms with Crippen LogP contribution in [0, 0.1) is 6.92 Å². The van der Waals surface area contributed by atoms with E-state index in [1.54, 1.807) is 26.0 Å². The molecule has 2 aromatic carbocycles. The lowest BCUT2D eigenvalue weighted by atomic mass is 10.0. The van der Waals surface area contributed by atoms with Crippen LogP contribution in [0.5, 0.6) is 11.5 Å². The first-order valence-electron chi connectivity index (χ1n) is 7.87. The average Bonchev–Trinajstić information content (AvgIpc) is 2.57. The zero-order valence-corrected chi connectivity index (χ0v) is 14.7. The summed E-state index contributed by atoms with van der Waals surface area (Å²) in [6, 6.07) is 12.9. The molecule has 4 heteroatoms. The van der Waals surface area contributed by atoms with Crippen molar-refractivity contribution in [2.24, 2.45) is 0 Å². The summed E-state index contributed by atoms with van der Waals surface area (Å²) in [4.78, 5) is 11.5. The number of rotatable bonds is 6. The maximum absolute atomic E-state index is 11.5. The summed E-state index contributed by atoms with van der Waals surface area (Å²) in [5.74, 6) is 0.630. The van der Waals surface area contributed by atoms with Gasteiger partial charge in [-0.05, 0) is 67.3 Å². The Labute approximate surface area is 148 Å². The van der Waals surface area contributed by atoms with Crippen molar-refractivity contribution in [2.45, 2.75) is 27.1 Å². The van der Waals surface area contributed by atoms with Gasteiger partial charge in [-0.15, -0.1) is 0 Å². The summed E-state index contributed by atoms with van der Waals surface area (Å²) < 4.78 is 10.7. The van der Waals surface area contributed by atoms with Crippen molar-refractivity contribution in [2.75, 3.05) is 0 Å². The fourth-order valence-corrected chi connectivity index (χ4v) is 2.09. The average molecular weight is 338 g/mol. The first kappa shape index (κ1) is 18.5. The van der Waals surface area contributed by atoms with Gasteiger partial charge in [-0.25, -0.2) is 4.79 Å². The van der Waals surface area contributed by atoms with Crippen LogP contribution < -0.4 is 9.47 Å². The Morgan fingerprint density at radius 3 is 2.16 bits per heavy atom. The molecule has 0 spiro atoms. The van der Waals surface area contributed by atoms with E-state index in [1.807, 2.05) is 37.3 Å². The molecule has 0 saturated carbocycles. The van der Waals surface area contributed by atoms with Gasteiger partial charge in [-0.2, -0.15) is 0 Å². The van der Waals surface area contributed by atoms with Gasteiger partial charge >= 0.3 is 5.97 Å². The van der Waals surface area contributed by atoms with Gasteiger partial charge in [0.2, 0.25) is 6.29 Å². The van der Waals surface area contributed by atoms with Gasteiger partial charge in [-0.1, -0.05) is 31.4 Å². The quantitative estimate of drug-likeness (QED) is 0.279. The van der Waals surface area contributed by atoms with Gasteiger partial charge in [0, 0.05) is 5.57 Å². The van der Waals surface area contributed by atoms with Gasteiger partial charge in [0.15, 0.2) is 0 Å². The van der Waals surface area contributed by atoms with Crippen molar-refractivity contribution in [1.29, 1.82) is 0 Å². The number of aliphatic hydroxyl groups excluding tert-OH is 1. The molecule has 2 rings (SSSR count). The van der Waals surface area contributed by atoms with Crippen LogP contribution >= 0.6 is 0 Å². The minimum absolute atomic E-state index is 0.354. The monoisotopic (exact) mass is 338 g/mol. The zero-order valence-electron chi connectivity index (χ0n) is 14.7. The Kier molecular flexibility index (Phi) is 5.78. The molecule has 1 N–H and O–H groups in total. The van der Waals surface area contributed by atoms with Crippen molar-refractivity contribution in [3.8, 4) is 22.6 Å². The predicted molar refractivity (Wildman–Crippen MR) is 98.5 cm³/mol.